The fourth-order valence-corrected chi connectivity index (χ4v) is 2.70. The summed E-state index contributed by atoms with van der Waals surface area (Å²) in [6, 6.07) is 6.35. The zero-order chi connectivity index (χ0) is 15.4. The highest BCUT2D eigenvalue weighted by molar-refractivity contribution is 5.90. The van der Waals surface area contributed by atoms with Crippen molar-refractivity contribution in [3.63, 3.8) is 0 Å². The molecule has 1 aliphatic heterocycles. The van der Waals surface area contributed by atoms with Gasteiger partial charge in [0.25, 0.3) is 0 Å². The Kier molecular flexibility index (Phi) is 8.18. The van der Waals surface area contributed by atoms with E-state index in [1.165, 1.54) is 10.7 Å². The first kappa shape index (κ1) is 20.4. The van der Waals surface area contributed by atoms with Crippen molar-refractivity contribution in [3.8, 4) is 5.69 Å². The van der Waals surface area contributed by atoms with Gasteiger partial charge in [-0.05, 0) is 56.1 Å². The van der Waals surface area contributed by atoms with Crippen molar-refractivity contribution in [2.45, 2.75) is 19.3 Å². The lowest BCUT2D eigenvalue weighted by molar-refractivity contribution is -0.116. The Morgan fingerprint density at radius 3 is 2.88 bits per heavy atom. The van der Waals surface area contributed by atoms with Crippen LogP contribution in [0.15, 0.2) is 36.7 Å². The summed E-state index contributed by atoms with van der Waals surface area (Å²) in [6.07, 6.45) is 5.72. The Morgan fingerprint density at radius 1 is 1.42 bits per heavy atom. The van der Waals surface area contributed by atoms with E-state index >= 15 is 0 Å². The molecule has 1 atom stereocenters. The number of hydrogen-bond acceptors (Lipinski definition) is 3. The monoisotopic (exact) mass is 374 g/mol. The number of carbonyl (C=O) groups excluding carboxylic acids is 1. The molecule has 2 N–H and O–H groups in total. The van der Waals surface area contributed by atoms with Crippen LogP contribution >= 0.6 is 24.8 Å². The standard InChI is InChI=1S/C16H19FN4O.2ClH/c17-14-10-13(3-4-15(14)21-9-1-7-19-21)20-16(22)5-2-12-6-8-18-11-12;;/h1,3-4,7,9-10,12,18H,2,5-6,8,11H2,(H,20,22);2*1H. The second-order valence-corrected chi connectivity index (χ2v) is 5.56. The molecule has 132 valence electrons. The van der Waals surface area contributed by atoms with Crippen molar-refractivity contribution < 1.29 is 9.18 Å². The van der Waals surface area contributed by atoms with Gasteiger partial charge in [-0.3, -0.25) is 4.79 Å². The molecule has 5 nitrogen and oxygen atoms in total. The molecular formula is C16H21Cl2FN4O. The van der Waals surface area contributed by atoms with Gasteiger partial charge in [0.05, 0.1) is 0 Å². The summed E-state index contributed by atoms with van der Waals surface area (Å²) in [6.45, 7) is 2.02. The van der Waals surface area contributed by atoms with E-state index in [-0.39, 0.29) is 30.7 Å². The van der Waals surface area contributed by atoms with Crippen molar-refractivity contribution in [1.29, 1.82) is 0 Å². The molecule has 1 aliphatic rings. The molecule has 1 unspecified atom stereocenters. The van der Waals surface area contributed by atoms with Crippen molar-refractivity contribution in [3.05, 3.63) is 42.5 Å². The van der Waals surface area contributed by atoms with Crippen LogP contribution in [-0.4, -0.2) is 28.8 Å². The van der Waals surface area contributed by atoms with E-state index in [1.54, 1.807) is 30.6 Å². The summed E-state index contributed by atoms with van der Waals surface area (Å²) in [5.41, 5.74) is 0.836. The fraction of sp³-hybridized carbons (Fsp3) is 0.375. The minimum Gasteiger partial charge on any atom is -0.326 e. The summed E-state index contributed by atoms with van der Waals surface area (Å²) >= 11 is 0. The third-order valence-corrected chi connectivity index (χ3v) is 3.92. The van der Waals surface area contributed by atoms with E-state index < -0.39 is 5.82 Å². The molecule has 1 aromatic carbocycles. The number of nitrogens with zero attached hydrogens (tertiary/aromatic N) is 2. The maximum absolute atomic E-state index is 14.1. The molecule has 1 saturated heterocycles. The molecule has 0 aliphatic carbocycles. The molecule has 2 heterocycles. The van der Waals surface area contributed by atoms with Gasteiger partial charge in [-0.2, -0.15) is 5.10 Å². The number of anilines is 1. The van der Waals surface area contributed by atoms with Crippen LogP contribution in [0.5, 0.6) is 0 Å². The van der Waals surface area contributed by atoms with Gasteiger partial charge < -0.3 is 10.6 Å². The van der Waals surface area contributed by atoms with Crippen molar-refractivity contribution in [2.75, 3.05) is 18.4 Å². The van der Waals surface area contributed by atoms with Gasteiger partial charge in [0.1, 0.15) is 5.69 Å². The lowest BCUT2D eigenvalue weighted by Crippen LogP contribution is -2.15. The molecule has 1 fully saturated rings. The van der Waals surface area contributed by atoms with Crippen LogP contribution in [-0.2, 0) is 4.79 Å². The smallest absolute Gasteiger partial charge is 0.224 e. The lowest BCUT2D eigenvalue weighted by atomic mass is 10.0. The summed E-state index contributed by atoms with van der Waals surface area (Å²) < 4.78 is 15.5. The Hall–Kier alpha value is -1.63. The van der Waals surface area contributed by atoms with E-state index in [4.69, 9.17) is 0 Å². The van der Waals surface area contributed by atoms with Gasteiger partial charge in [0.2, 0.25) is 5.91 Å². The number of benzene rings is 1. The van der Waals surface area contributed by atoms with Gasteiger partial charge in [-0.1, -0.05) is 0 Å². The largest absolute Gasteiger partial charge is 0.326 e. The average molecular weight is 375 g/mol. The minimum atomic E-state index is -0.415. The third-order valence-electron chi connectivity index (χ3n) is 3.92. The Balaban J connectivity index is 0.00000144. The van der Waals surface area contributed by atoms with Crippen LogP contribution in [0, 0.1) is 11.7 Å². The topological polar surface area (TPSA) is 59.0 Å². The number of aromatic nitrogens is 2. The van der Waals surface area contributed by atoms with Gasteiger partial charge in [-0.15, -0.1) is 24.8 Å². The quantitative estimate of drug-likeness (QED) is 0.844. The van der Waals surface area contributed by atoms with Crippen molar-refractivity contribution in [2.24, 2.45) is 5.92 Å². The first-order valence-electron chi connectivity index (χ1n) is 7.52. The summed E-state index contributed by atoms with van der Waals surface area (Å²) in [5.74, 6) is 0.0873. The predicted molar refractivity (Wildman–Crippen MR) is 96.9 cm³/mol. The van der Waals surface area contributed by atoms with Gasteiger partial charge >= 0.3 is 0 Å². The highest BCUT2D eigenvalue weighted by Crippen LogP contribution is 2.19. The van der Waals surface area contributed by atoms with Crippen LogP contribution in [0.4, 0.5) is 10.1 Å². The highest BCUT2D eigenvalue weighted by Gasteiger charge is 2.16. The van der Waals surface area contributed by atoms with Gasteiger partial charge in [0.15, 0.2) is 5.82 Å². The summed E-state index contributed by atoms with van der Waals surface area (Å²) in [5, 5.41) is 10.0. The molecule has 2 aromatic rings. The number of nitrogens with one attached hydrogen (secondary N) is 2. The number of carbonyl (C=O) groups is 1. The number of rotatable bonds is 5. The van der Waals surface area contributed by atoms with E-state index in [2.05, 4.69) is 15.7 Å². The fourth-order valence-electron chi connectivity index (χ4n) is 2.70. The van der Waals surface area contributed by atoms with Crippen molar-refractivity contribution in [1.82, 2.24) is 15.1 Å². The molecule has 0 radical (unpaired) electrons. The number of amides is 1. The highest BCUT2D eigenvalue weighted by atomic mass is 35.5. The predicted octanol–water partition coefficient (Wildman–Crippen LogP) is 3.18. The molecule has 1 aromatic heterocycles. The summed E-state index contributed by atoms with van der Waals surface area (Å²) in [7, 11) is 0. The maximum Gasteiger partial charge on any atom is 0.224 e. The van der Waals surface area contributed by atoms with Crippen LogP contribution < -0.4 is 10.6 Å². The first-order chi connectivity index (χ1) is 10.7. The Bertz CT molecular complexity index is 646. The Morgan fingerprint density at radius 2 is 2.25 bits per heavy atom. The molecule has 0 saturated carbocycles. The number of hydrogen-bond donors (Lipinski definition) is 2. The second-order valence-electron chi connectivity index (χ2n) is 5.56. The normalized spacial score (nSPS) is 16.1. The molecule has 0 bridgehead atoms. The van der Waals surface area contributed by atoms with E-state index in [0.717, 1.165) is 25.9 Å². The molecule has 8 heteroatoms. The maximum atomic E-state index is 14.1. The molecule has 0 spiro atoms. The zero-order valence-corrected chi connectivity index (χ0v) is 14.7. The molecule has 24 heavy (non-hydrogen) atoms. The second kappa shape index (κ2) is 9.61. The number of halogens is 3. The lowest BCUT2D eigenvalue weighted by Gasteiger charge is -2.10. The summed E-state index contributed by atoms with van der Waals surface area (Å²) in [4.78, 5) is 11.9. The zero-order valence-electron chi connectivity index (χ0n) is 13.1. The van der Waals surface area contributed by atoms with Gasteiger partial charge in [0, 0.05) is 24.5 Å². The van der Waals surface area contributed by atoms with E-state index in [0.29, 0.717) is 23.7 Å². The molecular weight excluding hydrogens is 354 g/mol. The van der Waals surface area contributed by atoms with E-state index in [9.17, 15) is 9.18 Å². The molecule has 3 rings (SSSR count). The van der Waals surface area contributed by atoms with Crippen LogP contribution in [0.2, 0.25) is 0 Å². The van der Waals surface area contributed by atoms with Crippen molar-refractivity contribution >= 4 is 36.4 Å². The average Bonchev–Trinajstić information content (AvgIpc) is 3.19. The third kappa shape index (κ3) is 5.19. The van der Waals surface area contributed by atoms with E-state index in [1.807, 2.05) is 0 Å². The Labute approximate surface area is 152 Å². The van der Waals surface area contributed by atoms with Crippen LogP contribution in [0.1, 0.15) is 19.3 Å². The molecule has 1 amide bonds. The van der Waals surface area contributed by atoms with Crippen LogP contribution in [0.25, 0.3) is 5.69 Å². The first-order valence-corrected chi connectivity index (χ1v) is 7.52. The van der Waals surface area contributed by atoms with Gasteiger partial charge in [-0.25, -0.2) is 9.07 Å². The minimum absolute atomic E-state index is 0. The SMILES string of the molecule is Cl.Cl.O=C(CCC1CCNC1)Nc1ccc(-n2cccn2)c(F)c1. The van der Waals surface area contributed by atoms with Crippen LogP contribution in [0.3, 0.4) is 0 Å².